The van der Waals surface area contributed by atoms with Gasteiger partial charge in [-0.25, -0.2) is 0 Å². The number of carboxylic acid groups (broad SMARTS) is 1. The van der Waals surface area contributed by atoms with E-state index in [0.717, 1.165) is 58.4 Å². The molecule has 0 fully saturated rings. The van der Waals surface area contributed by atoms with E-state index in [0.29, 0.717) is 6.54 Å². The molecule has 1 aromatic heterocycles. The van der Waals surface area contributed by atoms with Crippen LogP contribution in [0, 0.1) is 0 Å². The Hall–Kier alpha value is -4.32. The van der Waals surface area contributed by atoms with Gasteiger partial charge in [-0.1, -0.05) is 55.5 Å². The number of carboxylic acids is 1. The van der Waals surface area contributed by atoms with Crippen LogP contribution in [0.1, 0.15) is 30.4 Å². The van der Waals surface area contributed by atoms with Crippen molar-refractivity contribution in [2.75, 3.05) is 11.4 Å². The summed E-state index contributed by atoms with van der Waals surface area (Å²) in [5, 5.41) is 9.02. The third-order valence-corrected chi connectivity index (χ3v) is 5.92. The van der Waals surface area contributed by atoms with E-state index < -0.39 is 5.97 Å². The fourth-order valence-corrected chi connectivity index (χ4v) is 4.30. The van der Waals surface area contributed by atoms with Gasteiger partial charge in [-0.2, -0.15) is 4.57 Å². The van der Waals surface area contributed by atoms with Crippen LogP contribution in [-0.4, -0.2) is 17.6 Å². The highest BCUT2D eigenvalue weighted by Gasteiger charge is 2.25. The number of hydrogen-bond donors (Lipinski definition) is 1. The topological polar surface area (TPSA) is 66.8 Å². The van der Waals surface area contributed by atoms with Gasteiger partial charge in [0, 0.05) is 18.2 Å². The molecule has 0 saturated heterocycles. The number of rotatable bonds is 8. The van der Waals surface area contributed by atoms with Crippen LogP contribution in [0.15, 0.2) is 95.2 Å². The number of oxazole rings is 1. The highest BCUT2D eigenvalue weighted by atomic mass is 16.5. The van der Waals surface area contributed by atoms with Gasteiger partial charge in [0.25, 0.3) is 5.52 Å². The van der Waals surface area contributed by atoms with E-state index in [1.165, 1.54) is 0 Å². The molecule has 176 valence electrons. The maximum Gasteiger partial charge on any atom is 0.374 e. The number of nitrogens with zero attached hydrogens (tertiary/aromatic N) is 2. The minimum atomic E-state index is -0.832. The molecule has 0 aliphatic carbocycles. The summed E-state index contributed by atoms with van der Waals surface area (Å²) < 4.78 is 14.4. The smallest absolute Gasteiger partial charge is 0.374 e. The molecule has 6 heteroatoms. The van der Waals surface area contributed by atoms with Crippen molar-refractivity contribution in [3.8, 4) is 5.75 Å². The average molecular weight is 468 g/mol. The minimum Gasteiger partial charge on any atom is -0.481 e. The van der Waals surface area contributed by atoms with E-state index in [-0.39, 0.29) is 6.42 Å². The largest absolute Gasteiger partial charge is 0.481 e. The van der Waals surface area contributed by atoms with Crippen molar-refractivity contribution in [2.45, 2.75) is 26.3 Å². The van der Waals surface area contributed by atoms with E-state index in [1.54, 1.807) is 0 Å². The molecule has 1 N–H and O–H groups in total. The molecule has 1 aliphatic heterocycles. The Morgan fingerprint density at radius 2 is 1.74 bits per heavy atom. The number of ether oxygens (including phenoxy) is 1. The standard InChI is InChI=1S/C29H26N2O4/c1-2-18-30-23-8-3-5-10-25(23)34-27(30)12-7-13-28-31(24-9-4-6-11-26(24)35-28)20-22-16-14-21(15-17-22)19-29(32)33/h3-17H,2,18-20H2,1H3/p+1. The number of aromatic nitrogens is 1. The zero-order valence-electron chi connectivity index (χ0n) is 19.6. The van der Waals surface area contributed by atoms with Crippen molar-refractivity contribution in [1.82, 2.24) is 0 Å². The Bertz CT molecular complexity index is 1420. The highest BCUT2D eigenvalue weighted by molar-refractivity contribution is 5.71. The summed E-state index contributed by atoms with van der Waals surface area (Å²) in [5.41, 5.74) is 4.72. The number of carbonyl (C=O) groups is 1. The van der Waals surface area contributed by atoms with Gasteiger partial charge in [-0.15, -0.1) is 0 Å². The predicted octanol–water partition coefficient (Wildman–Crippen LogP) is 5.56. The van der Waals surface area contributed by atoms with E-state index in [2.05, 4.69) is 22.5 Å². The van der Waals surface area contributed by atoms with Gasteiger partial charge in [0.15, 0.2) is 12.3 Å². The molecule has 0 unspecified atom stereocenters. The second kappa shape index (κ2) is 9.89. The lowest BCUT2D eigenvalue weighted by Gasteiger charge is -2.16. The van der Waals surface area contributed by atoms with Crippen molar-refractivity contribution in [2.24, 2.45) is 0 Å². The number of benzene rings is 3. The van der Waals surface area contributed by atoms with Gasteiger partial charge in [0.05, 0.1) is 18.2 Å². The number of anilines is 1. The highest BCUT2D eigenvalue weighted by Crippen LogP contribution is 2.38. The van der Waals surface area contributed by atoms with Crippen molar-refractivity contribution < 1.29 is 23.6 Å². The van der Waals surface area contributed by atoms with Gasteiger partial charge in [-0.05, 0) is 42.3 Å². The first-order valence-corrected chi connectivity index (χ1v) is 11.8. The summed E-state index contributed by atoms with van der Waals surface area (Å²) in [6, 6.07) is 23.7. The third kappa shape index (κ3) is 4.82. The van der Waals surface area contributed by atoms with Gasteiger partial charge < -0.3 is 19.2 Å². The van der Waals surface area contributed by atoms with E-state index in [1.807, 2.05) is 85.0 Å². The molecule has 5 rings (SSSR count). The molecular formula is C29H27N2O4+. The van der Waals surface area contributed by atoms with E-state index in [4.69, 9.17) is 14.3 Å². The van der Waals surface area contributed by atoms with Crippen LogP contribution < -0.4 is 14.2 Å². The zero-order chi connectivity index (χ0) is 24.2. The normalized spacial score (nSPS) is 14.1. The van der Waals surface area contributed by atoms with Gasteiger partial charge in [-0.3, -0.25) is 4.79 Å². The third-order valence-electron chi connectivity index (χ3n) is 5.92. The Morgan fingerprint density at radius 3 is 2.54 bits per heavy atom. The Kier molecular flexibility index (Phi) is 6.35. The van der Waals surface area contributed by atoms with Crippen molar-refractivity contribution in [1.29, 1.82) is 0 Å². The lowest BCUT2D eigenvalue weighted by atomic mass is 10.1. The maximum atomic E-state index is 11.0. The fraction of sp³-hybridized carbons (Fsp3) is 0.172. The quantitative estimate of drug-likeness (QED) is 0.344. The molecule has 0 atom stereocenters. The van der Waals surface area contributed by atoms with Gasteiger partial charge in [0.2, 0.25) is 11.5 Å². The molecule has 0 spiro atoms. The first-order chi connectivity index (χ1) is 17.1. The van der Waals surface area contributed by atoms with Crippen molar-refractivity contribution in [3.05, 3.63) is 108 Å². The molecule has 35 heavy (non-hydrogen) atoms. The maximum absolute atomic E-state index is 11.0. The Labute approximate surface area is 204 Å². The first-order valence-electron chi connectivity index (χ1n) is 11.8. The number of para-hydroxylation sites is 4. The van der Waals surface area contributed by atoms with E-state index >= 15 is 0 Å². The minimum absolute atomic E-state index is 0.0196. The lowest BCUT2D eigenvalue weighted by Crippen LogP contribution is -2.35. The number of fused-ring (bicyclic) bond motifs is 2. The molecule has 0 amide bonds. The molecule has 0 radical (unpaired) electrons. The summed E-state index contributed by atoms with van der Waals surface area (Å²) >= 11 is 0. The summed E-state index contributed by atoms with van der Waals surface area (Å²) in [6.45, 7) is 3.63. The summed E-state index contributed by atoms with van der Waals surface area (Å²) in [7, 11) is 0. The molecule has 3 aromatic carbocycles. The second-order valence-electron chi connectivity index (χ2n) is 8.47. The Balaban J connectivity index is 1.43. The first kappa shape index (κ1) is 22.5. The number of hydrogen-bond acceptors (Lipinski definition) is 4. The molecule has 6 nitrogen and oxygen atoms in total. The van der Waals surface area contributed by atoms with Crippen LogP contribution in [0.4, 0.5) is 5.69 Å². The molecule has 0 bridgehead atoms. The predicted molar refractivity (Wildman–Crippen MR) is 135 cm³/mol. The van der Waals surface area contributed by atoms with Crippen molar-refractivity contribution in [3.63, 3.8) is 0 Å². The zero-order valence-corrected chi connectivity index (χ0v) is 19.6. The lowest BCUT2D eigenvalue weighted by molar-refractivity contribution is -0.669. The number of aliphatic carboxylic acids is 1. The van der Waals surface area contributed by atoms with Crippen LogP contribution in [0.3, 0.4) is 0 Å². The molecule has 1 aliphatic rings. The Morgan fingerprint density at radius 1 is 1.00 bits per heavy atom. The van der Waals surface area contributed by atoms with Crippen LogP contribution >= 0.6 is 0 Å². The average Bonchev–Trinajstić information content (AvgIpc) is 3.38. The summed E-state index contributed by atoms with van der Waals surface area (Å²) in [5.74, 6) is 1.54. The van der Waals surface area contributed by atoms with Crippen LogP contribution in [0.2, 0.25) is 0 Å². The van der Waals surface area contributed by atoms with Crippen molar-refractivity contribution >= 4 is 28.8 Å². The van der Waals surface area contributed by atoms with Crippen LogP contribution in [0.5, 0.6) is 5.75 Å². The monoisotopic (exact) mass is 467 g/mol. The van der Waals surface area contributed by atoms with Gasteiger partial charge >= 0.3 is 11.9 Å². The van der Waals surface area contributed by atoms with Crippen LogP contribution in [0.25, 0.3) is 17.2 Å². The molecular weight excluding hydrogens is 440 g/mol. The molecule has 0 saturated carbocycles. The number of allylic oxidation sites excluding steroid dienone is 2. The SMILES string of the molecule is CCCN1/C(=C\C=C\c2oc3ccccc3[n+]2Cc2ccc(CC(=O)O)cc2)Oc2ccccc21. The second-order valence-corrected chi connectivity index (χ2v) is 8.47. The fourth-order valence-electron chi connectivity index (χ4n) is 4.30. The summed E-state index contributed by atoms with van der Waals surface area (Å²) in [6.07, 6.45) is 6.89. The molecule has 2 heterocycles. The molecule has 4 aromatic rings. The van der Waals surface area contributed by atoms with E-state index in [9.17, 15) is 4.79 Å². The van der Waals surface area contributed by atoms with Gasteiger partial charge in [0.1, 0.15) is 0 Å². The summed E-state index contributed by atoms with van der Waals surface area (Å²) in [4.78, 5) is 13.2. The van der Waals surface area contributed by atoms with Crippen LogP contribution in [-0.2, 0) is 17.8 Å².